The summed E-state index contributed by atoms with van der Waals surface area (Å²) in [7, 11) is 1.75. The molecule has 0 aliphatic heterocycles. The van der Waals surface area contributed by atoms with Crippen molar-refractivity contribution in [1.82, 2.24) is 29.7 Å². The molecule has 3 aromatic rings. The van der Waals surface area contributed by atoms with Crippen molar-refractivity contribution >= 4 is 39.2 Å². The number of rotatable bonds is 5. The molecule has 0 atom stereocenters. The fraction of sp³-hybridized carbons (Fsp3) is 0.182. The second-order valence-electron chi connectivity index (χ2n) is 3.93. The van der Waals surface area contributed by atoms with Gasteiger partial charge in [-0.2, -0.15) is 24.7 Å². The lowest BCUT2D eigenvalue weighted by Crippen LogP contribution is -2.11. The van der Waals surface area contributed by atoms with E-state index in [4.69, 9.17) is 0 Å². The fourth-order valence-corrected chi connectivity index (χ4v) is 3.01. The molecule has 0 aromatic carbocycles. The molecule has 2 N–H and O–H groups in total. The summed E-state index contributed by atoms with van der Waals surface area (Å²) in [6.45, 7) is 0.639. The molecule has 8 nitrogen and oxygen atoms in total. The van der Waals surface area contributed by atoms with E-state index in [9.17, 15) is 0 Å². The Morgan fingerprint density at radius 2 is 2.10 bits per heavy atom. The van der Waals surface area contributed by atoms with Crippen LogP contribution in [-0.2, 0) is 6.54 Å². The molecule has 0 aliphatic carbocycles. The molecule has 108 valence electrons. The molecule has 0 bridgehead atoms. The summed E-state index contributed by atoms with van der Waals surface area (Å²) in [5.74, 6) is 1.34. The van der Waals surface area contributed by atoms with Crippen molar-refractivity contribution in [3.05, 3.63) is 33.5 Å². The van der Waals surface area contributed by atoms with Crippen LogP contribution in [0, 0.1) is 0 Å². The molecular weight excluding hydrogens is 356 g/mol. The average Bonchev–Trinajstić information content (AvgIpc) is 3.16. The van der Waals surface area contributed by atoms with Gasteiger partial charge in [-0.25, -0.2) is 4.98 Å². The van der Waals surface area contributed by atoms with Gasteiger partial charge in [-0.3, -0.25) is 0 Å². The van der Waals surface area contributed by atoms with Gasteiger partial charge in [-0.15, -0.1) is 11.3 Å². The Balaban J connectivity index is 1.82. The van der Waals surface area contributed by atoms with Gasteiger partial charge in [0.2, 0.25) is 11.9 Å². The van der Waals surface area contributed by atoms with E-state index in [2.05, 4.69) is 51.6 Å². The lowest BCUT2D eigenvalue weighted by molar-refractivity contribution is 0.795. The highest BCUT2D eigenvalue weighted by Crippen LogP contribution is 2.22. The summed E-state index contributed by atoms with van der Waals surface area (Å²) in [5, 5.41) is 10.1. The molecule has 0 saturated carbocycles. The maximum Gasteiger partial charge on any atom is 0.258 e. The second kappa shape index (κ2) is 6.14. The smallest absolute Gasteiger partial charge is 0.258 e. The Bertz CT molecular complexity index is 726. The van der Waals surface area contributed by atoms with Crippen molar-refractivity contribution < 1.29 is 0 Å². The molecule has 10 heteroatoms. The molecule has 0 saturated heterocycles. The first-order chi connectivity index (χ1) is 10.2. The van der Waals surface area contributed by atoms with E-state index in [0.29, 0.717) is 24.4 Å². The van der Waals surface area contributed by atoms with E-state index in [1.807, 2.05) is 12.1 Å². The number of nitrogens with one attached hydrogen (secondary N) is 2. The quantitative estimate of drug-likeness (QED) is 0.712. The third-order valence-corrected chi connectivity index (χ3v) is 4.14. The zero-order chi connectivity index (χ0) is 14.7. The Labute approximate surface area is 132 Å². The van der Waals surface area contributed by atoms with Crippen LogP contribution in [-0.4, -0.2) is 36.8 Å². The van der Waals surface area contributed by atoms with Crippen molar-refractivity contribution in [3.63, 3.8) is 0 Å². The van der Waals surface area contributed by atoms with E-state index in [1.165, 1.54) is 22.2 Å². The van der Waals surface area contributed by atoms with E-state index in [0.717, 1.165) is 3.79 Å². The van der Waals surface area contributed by atoms with Crippen LogP contribution in [0.1, 0.15) is 4.88 Å². The SMILES string of the molecule is CNc1nc(NCc2ccc(Br)s2)nc(-n2cncn2)n1. The summed E-state index contributed by atoms with van der Waals surface area (Å²) in [5.41, 5.74) is 0. The van der Waals surface area contributed by atoms with E-state index in [-0.39, 0.29) is 0 Å². The fourth-order valence-electron chi connectivity index (χ4n) is 1.58. The van der Waals surface area contributed by atoms with Crippen LogP contribution in [0.3, 0.4) is 0 Å². The molecule has 3 heterocycles. The molecular formula is C11H11BrN8S. The molecule has 0 amide bonds. The predicted molar refractivity (Wildman–Crippen MR) is 83.6 cm³/mol. The molecule has 0 fully saturated rings. The summed E-state index contributed by atoms with van der Waals surface area (Å²) in [6.07, 6.45) is 2.97. The van der Waals surface area contributed by atoms with Crippen molar-refractivity contribution in [3.8, 4) is 5.95 Å². The minimum atomic E-state index is 0.404. The van der Waals surface area contributed by atoms with Crippen molar-refractivity contribution in [2.75, 3.05) is 17.7 Å². The van der Waals surface area contributed by atoms with E-state index >= 15 is 0 Å². The predicted octanol–water partition coefficient (Wildman–Crippen LogP) is 1.93. The topological polar surface area (TPSA) is 93.4 Å². The maximum absolute atomic E-state index is 4.33. The van der Waals surface area contributed by atoms with Gasteiger partial charge in [0.25, 0.3) is 5.95 Å². The minimum absolute atomic E-state index is 0.404. The van der Waals surface area contributed by atoms with Gasteiger partial charge in [0.1, 0.15) is 12.7 Å². The molecule has 21 heavy (non-hydrogen) atoms. The Morgan fingerprint density at radius 3 is 2.76 bits per heavy atom. The highest BCUT2D eigenvalue weighted by Gasteiger charge is 2.08. The Morgan fingerprint density at radius 1 is 1.24 bits per heavy atom. The van der Waals surface area contributed by atoms with Gasteiger partial charge < -0.3 is 10.6 Å². The summed E-state index contributed by atoms with van der Waals surface area (Å²) in [4.78, 5) is 17.9. The minimum Gasteiger partial charge on any atom is -0.357 e. The first-order valence-electron chi connectivity index (χ1n) is 6.01. The highest BCUT2D eigenvalue weighted by molar-refractivity contribution is 9.11. The van der Waals surface area contributed by atoms with Gasteiger partial charge >= 0.3 is 0 Å². The zero-order valence-corrected chi connectivity index (χ0v) is 13.4. The van der Waals surface area contributed by atoms with Gasteiger partial charge in [-0.1, -0.05) is 0 Å². The molecule has 0 radical (unpaired) electrons. The molecule has 0 unspecified atom stereocenters. The number of hydrogen-bond acceptors (Lipinski definition) is 8. The van der Waals surface area contributed by atoms with Crippen molar-refractivity contribution in [2.45, 2.75) is 6.54 Å². The van der Waals surface area contributed by atoms with Gasteiger partial charge in [0, 0.05) is 11.9 Å². The number of thiophene rings is 1. The van der Waals surface area contributed by atoms with Crippen LogP contribution in [0.15, 0.2) is 28.6 Å². The molecule has 3 aromatic heterocycles. The van der Waals surface area contributed by atoms with Crippen LogP contribution in [0.5, 0.6) is 0 Å². The normalized spacial score (nSPS) is 10.6. The number of aromatic nitrogens is 6. The first-order valence-corrected chi connectivity index (χ1v) is 7.62. The molecule has 0 spiro atoms. The lowest BCUT2D eigenvalue weighted by atomic mass is 10.5. The van der Waals surface area contributed by atoms with Crippen LogP contribution in [0.2, 0.25) is 0 Å². The maximum atomic E-state index is 4.33. The average molecular weight is 367 g/mol. The van der Waals surface area contributed by atoms with Crippen LogP contribution >= 0.6 is 27.3 Å². The third-order valence-electron chi connectivity index (χ3n) is 2.52. The monoisotopic (exact) mass is 366 g/mol. The number of hydrogen-bond donors (Lipinski definition) is 2. The highest BCUT2D eigenvalue weighted by atomic mass is 79.9. The van der Waals surface area contributed by atoms with Crippen molar-refractivity contribution in [1.29, 1.82) is 0 Å². The van der Waals surface area contributed by atoms with Crippen LogP contribution in [0.4, 0.5) is 11.9 Å². The number of nitrogens with zero attached hydrogens (tertiary/aromatic N) is 6. The lowest BCUT2D eigenvalue weighted by Gasteiger charge is -2.07. The first kappa shape index (κ1) is 13.9. The third kappa shape index (κ3) is 3.34. The standard InChI is InChI=1S/C11H11BrN8S/c1-13-9-17-10(15-4-7-2-3-8(12)21-7)19-11(18-9)20-6-14-5-16-20/h2-3,5-6H,4H2,1H3,(H2,13,15,17,18,19). The van der Waals surface area contributed by atoms with E-state index in [1.54, 1.807) is 18.4 Å². The molecule has 0 aliphatic rings. The zero-order valence-electron chi connectivity index (χ0n) is 11.0. The number of halogens is 1. The van der Waals surface area contributed by atoms with E-state index < -0.39 is 0 Å². The Kier molecular flexibility index (Phi) is 4.06. The second-order valence-corrected chi connectivity index (χ2v) is 6.48. The molecule has 3 rings (SSSR count). The van der Waals surface area contributed by atoms with Gasteiger partial charge in [0.05, 0.1) is 10.3 Å². The van der Waals surface area contributed by atoms with Gasteiger partial charge in [-0.05, 0) is 28.1 Å². The largest absolute Gasteiger partial charge is 0.357 e. The summed E-state index contributed by atoms with van der Waals surface area (Å²) >= 11 is 5.10. The summed E-state index contributed by atoms with van der Waals surface area (Å²) in [6, 6.07) is 4.05. The summed E-state index contributed by atoms with van der Waals surface area (Å²) < 4.78 is 2.57. The van der Waals surface area contributed by atoms with Crippen LogP contribution < -0.4 is 10.6 Å². The van der Waals surface area contributed by atoms with Gasteiger partial charge in [0.15, 0.2) is 0 Å². The number of anilines is 2. The van der Waals surface area contributed by atoms with Crippen LogP contribution in [0.25, 0.3) is 5.95 Å². The van der Waals surface area contributed by atoms with Crippen molar-refractivity contribution in [2.24, 2.45) is 0 Å². The Hall–Kier alpha value is -2.07.